The van der Waals surface area contributed by atoms with Crippen LogP contribution < -0.4 is 10.6 Å². The van der Waals surface area contributed by atoms with E-state index in [0.29, 0.717) is 6.04 Å². The molecule has 138 valence electrons. The third-order valence-electron chi connectivity index (χ3n) is 4.87. The van der Waals surface area contributed by atoms with Gasteiger partial charge in [-0.05, 0) is 50.0 Å². The number of hydrogen-bond donors (Lipinski definition) is 3. The van der Waals surface area contributed by atoms with Gasteiger partial charge in [0.25, 0.3) is 0 Å². The van der Waals surface area contributed by atoms with Crippen LogP contribution in [-0.2, 0) is 6.42 Å². The van der Waals surface area contributed by atoms with E-state index in [9.17, 15) is 0 Å². The number of aromatic nitrogens is 1. The fourth-order valence-corrected chi connectivity index (χ4v) is 4.29. The number of thioether (sulfide) groups is 1. The normalized spacial score (nSPS) is 20.5. The highest BCUT2D eigenvalue weighted by molar-refractivity contribution is 14.0. The minimum absolute atomic E-state index is 0. The van der Waals surface area contributed by atoms with Crippen molar-refractivity contribution in [3.8, 4) is 0 Å². The van der Waals surface area contributed by atoms with Gasteiger partial charge in [0, 0.05) is 42.0 Å². The lowest BCUT2D eigenvalue weighted by Crippen LogP contribution is -2.42. The van der Waals surface area contributed by atoms with Gasteiger partial charge in [-0.25, -0.2) is 0 Å². The summed E-state index contributed by atoms with van der Waals surface area (Å²) in [5.41, 5.74) is 2.62. The molecule has 0 amide bonds. The van der Waals surface area contributed by atoms with Gasteiger partial charge in [0.15, 0.2) is 5.96 Å². The third kappa shape index (κ3) is 5.54. The molecule has 25 heavy (non-hydrogen) atoms. The van der Waals surface area contributed by atoms with Gasteiger partial charge in [0.2, 0.25) is 0 Å². The summed E-state index contributed by atoms with van der Waals surface area (Å²) in [5, 5.41) is 9.18. The molecule has 1 aromatic carbocycles. The largest absolute Gasteiger partial charge is 0.361 e. The second-order valence-electron chi connectivity index (χ2n) is 6.47. The Balaban J connectivity index is 0.00000225. The molecule has 1 fully saturated rings. The Labute approximate surface area is 172 Å². The minimum Gasteiger partial charge on any atom is -0.361 e. The van der Waals surface area contributed by atoms with Gasteiger partial charge in [0.05, 0.1) is 0 Å². The van der Waals surface area contributed by atoms with Crippen LogP contribution in [0.25, 0.3) is 10.9 Å². The van der Waals surface area contributed by atoms with Gasteiger partial charge in [0.1, 0.15) is 0 Å². The number of aliphatic imine (C=N–C) groups is 1. The lowest BCUT2D eigenvalue weighted by molar-refractivity contribution is 0.611. The Kier molecular flexibility index (Phi) is 8.42. The van der Waals surface area contributed by atoms with Crippen LogP contribution in [0.15, 0.2) is 35.5 Å². The van der Waals surface area contributed by atoms with E-state index in [-0.39, 0.29) is 24.0 Å². The second-order valence-corrected chi connectivity index (χ2v) is 7.61. The molecule has 0 bridgehead atoms. The van der Waals surface area contributed by atoms with Gasteiger partial charge in [-0.15, -0.1) is 24.0 Å². The quantitative estimate of drug-likeness (QED) is 0.256. The van der Waals surface area contributed by atoms with Gasteiger partial charge in [-0.3, -0.25) is 4.99 Å². The van der Waals surface area contributed by atoms with E-state index < -0.39 is 0 Å². The van der Waals surface area contributed by atoms with E-state index in [4.69, 9.17) is 0 Å². The molecule has 1 aromatic heterocycles. The number of aromatic amines is 1. The van der Waals surface area contributed by atoms with Crippen molar-refractivity contribution in [1.29, 1.82) is 0 Å². The summed E-state index contributed by atoms with van der Waals surface area (Å²) in [6.07, 6.45) is 10.3. The Hall–Kier alpha value is -0.890. The van der Waals surface area contributed by atoms with Gasteiger partial charge < -0.3 is 15.6 Å². The Bertz CT molecular complexity index is 685. The first-order valence-electron chi connectivity index (χ1n) is 8.85. The number of halogens is 1. The molecule has 2 unspecified atom stereocenters. The minimum atomic E-state index is 0. The number of benzene rings is 1. The molecular weight excluding hydrogens is 443 g/mol. The summed E-state index contributed by atoms with van der Waals surface area (Å²) >= 11 is 1.99. The van der Waals surface area contributed by atoms with E-state index in [2.05, 4.69) is 57.3 Å². The number of nitrogens with zero attached hydrogens (tertiary/aromatic N) is 1. The fourth-order valence-electron chi connectivity index (χ4n) is 3.50. The third-order valence-corrected chi connectivity index (χ3v) is 5.97. The number of H-pyrrole nitrogens is 1. The van der Waals surface area contributed by atoms with Crippen LogP contribution in [0, 0.1) is 0 Å². The molecule has 0 spiro atoms. The number of guanidine groups is 1. The summed E-state index contributed by atoms with van der Waals surface area (Å²) in [6.45, 7) is 0.942. The molecule has 2 atom stereocenters. The average Bonchev–Trinajstić information content (AvgIpc) is 3.24. The van der Waals surface area contributed by atoms with Crippen LogP contribution in [-0.4, -0.2) is 42.1 Å². The monoisotopic (exact) mass is 472 g/mol. The summed E-state index contributed by atoms with van der Waals surface area (Å²) in [5.74, 6) is 0.945. The first-order valence-corrected chi connectivity index (χ1v) is 10.1. The second kappa shape index (κ2) is 10.3. The molecule has 4 nitrogen and oxygen atoms in total. The van der Waals surface area contributed by atoms with E-state index in [1.54, 1.807) is 0 Å². The number of hydrogen-bond acceptors (Lipinski definition) is 2. The summed E-state index contributed by atoms with van der Waals surface area (Å²) in [6, 6.07) is 9.07. The van der Waals surface area contributed by atoms with Crippen LogP contribution in [0.5, 0.6) is 0 Å². The first kappa shape index (κ1) is 20.4. The molecular formula is C19H29IN4S. The van der Waals surface area contributed by atoms with Gasteiger partial charge in [-0.1, -0.05) is 18.2 Å². The van der Waals surface area contributed by atoms with Crippen molar-refractivity contribution in [1.82, 2.24) is 15.6 Å². The number of nitrogens with one attached hydrogen (secondary N) is 3. The van der Waals surface area contributed by atoms with E-state index in [1.165, 1.54) is 35.7 Å². The number of aryl methyl sites for hydroxylation is 1. The lowest BCUT2D eigenvalue weighted by atomic mass is 10.1. The van der Waals surface area contributed by atoms with Gasteiger partial charge >= 0.3 is 0 Å². The van der Waals surface area contributed by atoms with E-state index >= 15 is 0 Å². The van der Waals surface area contributed by atoms with Crippen molar-refractivity contribution >= 4 is 52.6 Å². The molecule has 3 N–H and O–H groups in total. The zero-order valence-electron chi connectivity index (χ0n) is 15.0. The lowest BCUT2D eigenvalue weighted by Gasteiger charge is -2.17. The molecule has 0 radical (unpaired) electrons. The van der Waals surface area contributed by atoms with Crippen LogP contribution >= 0.6 is 35.7 Å². The van der Waals surface area contributed by atoms with Crippen molar-refractivity contribution in [2.75, 3.05) is 19.8 Å². The zero-order valence-corrected chi connectivity index (χ0v) is 18.2. The summed E-state index contributed by atoms with van der Waals surface area (Å²) in [4.78, 5) is 7.72. The van der Waals surface area contributed by atoms with Crippen molar-refractivity contribution in [3.63, 3.8) is 0 Å². The average molecular weight is 472 g/mol. The summed E-state index contributed by atoms with van der Waals surface area (Å²) < 4.78 is 0. The molecule has 1 aliphatic rings. The summed E-state index contributed by atoms with van der Waals surface area (Å²) in [7, 11) is 1.86. The molecule has 0 aliphatic heterocycles. The predicted octanol–water partition coefficient (Wildman–Crippen LogP) is 4.17. The highest BCUT2D eigenvalue weighted by Crippen LogP contribution is 2.28. The fraction of sp³-hybridized carbons (Fsp3) is 0.526. The molecule has 0 saturated heterocycles. The maximum atomic E-state index is 4.37. The Morgan fingerprint density at radius 2 is 2.16 bits per heavy atom. The topological polar surface area (TPSA) is 52.2 Å². The van der Waals surface area contributed by atoms with Crippen LogP contribution in [0.2, 0.25) is 0 Å². The van der Waals surface area contributed by atoms with Crippen molar-refractivity contribution in [2.45, 2.75) is 43.4 Å². The standard InChI is InChI=1S/C19H28N4S.HI/c1-20-19(23-15-9-10-16(12-15)24-2)21-11-5-6-14-13-22-18-8-4-3-7-17(14)18;/h3-4,7-8,13,15-16,22H,5-6,9-12H2,1-2H3,(H2,20,21,23);1H. The van der Waals surface area contributed by atoms with Crippen molar-refractivity contribution in [3.05, 3.63) is 36.0 Å². The van der Waals surface area contributed by atoms with E-state index in [1.807, 2.05) is 18.8 Å². The van der Waals surface area contributed by atoms with E-state index in [0.717, 1.165) is 30.6 Å². The highest BCUT2D eigenvalue weighted by Gasteiger charge is 2.24. The number of para-hydroxylation sites is 1. The molecule has 1 saturated carbocycles. The predicted molar refractivity (Wildman–Crippen MR) is 121 cm³/mol. The SMILES string of the molecule is CN=C(NCCCc1c[nH]c2ccccc12)NC1CCC(SC)C1.I. The van der Waals surface area contributed by atoms with Crippen LogP contribution in [0.4, 0.5) is 0 Å². The van der Waals surface area contributed by atoms with Gasteiger partial charge in [-0.2, -0.15) is 11.8 Å². The molecule has 3 rings (SSSR count). The Morgan fingerprint density at radius 3 is 2.92 bits per heavy atom. The maximum absolute atomic E-state index is 4.37. The zero-order chi connectivity index (χ0) is 16.8. The Morgan fingerprint density at radius 1 is 1.32 bits per heavy atom. The molecule has 6 heteroatoms. The van der Waals surface area contributed by atoms with Crippen LogP contribution in [0.3, 0.4) is 0 Å². The van der Waals surface area contributed by atoms with Crippen molar-refractivity contribution in [2.24, 2.45) is 4.99 Å². The van der Waals surface area contributed by atoms with Crippen LogP contribution in [0.1, 0.15) is 31.2 Å². The number of fused-ring (bicyclic) bond motifs is 1. The molecule has 1 heterocycles. The molecule has 2 aromatic rings. The first-order chi connectivity index (χ1) is 11.8. The number of rotatable bonds is 6. The molecule has 1 aliphatic carbocycles. The maximum Gasteiger partial charge on any atom is 0.191 e. The van der Waals surface area contributed by atoms with Crippen molar-refractivity contribution < 1.29 is 0 Å². The highest BCUT2D eigenvalue weighted by atomic mass is 127. The smallest absolute Gasteiger partial charge is 0.191 e.